The first-order valence-electron chi connectivity index (χ1n) is 8.53. The van der Waals surface area contributed by atoms with Crippen molar-refractivity contribution in [3.63, 3.8) is 0 Å². The van der Waals surface area contributed by atoms with E-state index in [9.17, 15) is 10.2 Å². The molecule has 152 valence electrons. The first kappa shape index (κ1) is 23.6. The van der Waals surface area contributed by atoms with Gasteiger partial charge in [0.2, 0.25) is 0 Å². The van der Waals surface area contributed by atoms with Crippen molar-refractivity contribution in [2.24, 2.45) is 0 Å². The lowest BCUT2D eigenvalue weighted by atomic mass is 9.65. The fourth-order valence-corrected chi connectivity index (χ4v) is 3.46. The fraction of sp³-hybridized carbons (Fsp3) is 0.300. The maximum absolute atomic E-state index is 9.51. The van der Waals surface area contributed by atoms with Gasteiger partial charge in [0.15, 0.2) is 0 Å². The molecular formula is C20H22Cl2O6. The molecule has 1 fully saturated rings. The van der Waals surface area contributed by atoms with Gasteiger partial charge in [0.1, 0.15) is 11.5 Å². The number of hydrogen-bond acceptors (Lipinski definition) is 4. The highest BCUT2D eigenvalue weighted by atomic mass is 35.5. The van der Waals surface area contributed by atoms with Crippen LogP contribution in [0.2, 0.25) is 0 Å². The number of phenolic OH excluding ortho intramolecular Hbond substituents is 2. The predicted molar refractivity (Wildman–Crippen MR) is 108 cm³/mol. The Balaban J connectivity index is 0.000000420. The van der Waals surface area contributed by atoms with Gasteiger partial charge in [0, 0.05) is 28.6 Å². The van der Waals surface area contributed by atoms with Crippen LogP contribution in [0, 0.1) is 0 Å². The number of carbonyl (C=O) groups is 2. The van der Waals surface area contributed by atoms with Gasteiger partial charge in [-0.2, -0.15) is 0 Å². The maximum atomic E-state index is 9.51. The molecule has 0 unspecified atom stereocenters. The first-order chi connectivity index (χ1) is 13.2. The smallest absolute Gasteiger partial charge is 0.401 e. The molecule has 0 spiro atoms. The van der Waals surface area contributed by atoms with Gasteiger partial charge in [-0.1, -0.05) is 43.5 Å². The van der Waals surface area contributed by atoms with Crippen LogP contribution in [-0.2, 0) is 5.41 Å². The van der Waals surface area contributed by atoms with E-state index in [1.54, 1.807) is 24.3 Å². The molecule has 6 nitrogen and oxygen atoms in total. The second-order valence-corrected chi connectivity index (χ2v) is 6.89. The summed E-state index contributed by atoms with van der Waals surface area (Å²) in [4.78, 5) is 17.5. The Kier molecular flexibility index (Phi) is 9.62. The summed E-state index contributed by atoms with van der Waals surface area (Å²) in [6.45, 7) is 0. The van der Waals surface area contributed by atoms with E-state index in [1.807, 2.05) is 24.3 Å². The van der Waals surface area contributed by atoms with Gasteiger partial charge in [-0.25, -0.2) is 9.59 Å². The molecule has 0 radical (unpaired) electrons. The molecule has 0 aliphatic heterocycles. The van der Waals surface area contributed by atoms with Gasteiger partial charge in [-0.3, -0.25) is 0 Å². The molecule has 8 heteroatoms. The third kappa shape index (κ3) is 7.66. The Morgan fingerprint density at radius 1 is 0.679 bits per heavy atom. The van der Waals surface area contributed by atoms with Crippen molar-refractivity contribution in [2.75, 3.05) is 0 Å². The van der Waals surface area contributed by atoms with Gasteiger partial charge in [-0.15, -0.1) is 0 Å². The van der Waals surface area contributed by atoms with Crippen LogP contribution in [0.4, 0.5) is 9.59 Å². The molecule has 1 saturated carbocycles. The van der Waals surface area contributed by atoms with Gasteiger partial charge >= 0.3 is 10.9 Å². The minimum atomic E-state index is -1.36. The van der Waals surface area contributed by atoms with E-state index in [0.717, 1.165) is 12.8 Å². The molecule has 0 aromatic heterocycles. The summed E-state index contributed by atoms with van der Waals surface area (Å²) in [5.41, 5.74) is -0.166. The highest BCUT2D eigenvalue weighted by molar-refractivity contribution is 6.60. The maximum Gasteiger partial charge on any atom is 0.401 e. The van der Waals surface area contributed by atoms with Crippen molar-refractivity contribution in [3.8, 4) is 11.5 Å². The highest BCUT2D eigenvalue weighted by Crippen LogP contribution is 2.45. The minimum Gasteiger partial charge on any atom is -0.508 e. The Bertz CT molecular complexity index is 686. The SMILES string of the molecule is O=C(O)Cl.O=C(O)Cl.Oc1ccc(C2(c3ccc(O)cc3)CCCCC2)cc1. The minimum absolute atomic E-state index is 0.0274. The van der Waals surface area contributed by atoms with E-state index >= 15 is 0 Å². The molecule has 4 N–H and O–H groups in total. The van der Waals surface area contributed by atoms with Crippen LogP contribution in [0.1, 0.15) is 43.2 Å². The third-order valence-corrected chi connectivity index (χ3v) is 4.55. The van der Waals surface area contributed by atoms with Crippen molar-refractivity contribution in [1.82, 2.24) is 0 Å². The number of hydrogen-bond donors (Lipinski definition) is 4. The van der Waals surface area contributed by atoms with Gasteiger partial charge < -0.3 is 20.4 Å². The normalized spacial score (nSPS) is 14.5. The monoisotopic (exact) mass is 428 g/mol. The largest absolute Gasteiger partial charge is 0.508 e. The van der Waals surface area contributed by atoms with Crippen LogP contribution in [0.5, 0.6) is 11.5 Å². The lowest BCUT2D eigenvalue weighted by molar-refractivity contribution is 0.219. The van der Waals surface area contributed by atoms with Crippen LogP contribution < -0.4 is 0 Å². The Morgan fingerprint density at radius 2 is 0.964 bits per heavy atom. The standard InChI is InChI=1S/C18H20O2.2CHClO2/c19-16-8-4-14(5-9-16)18(12-2-1-3-13-18)15-6-10-17(20)11-7-15;2*2-1(3)4/h4-11,19-20H,1-3,12-13H2;2*(H,3,4). The summed E-state index contributed by atoms with van der Waals surface area (Å²) < 4.78 is 0. The molecule has 0 amide bonds. The number of rotatable bonds is 2. The Hall–Kier alpha value is -2.44. The van der Waals surface area contributed by atoms with Crippen molar-refractivity contribution in [1.29, 1.82) is 0 Å². The van der Waals surface area contributed by atoms with Crippen molar-refractivity contribution < 1.29 is 30.0 Å². The average molecular weight is 429 g/mol. The van der Waals surface area contributed by atoms with Crippen LogP contribution in [0.15, 0.2) is 48.5 Å². The van der Waals surface area contributed by atoms with Crippen molar-refractivity contribution in [2.45, 2.75) is 37.5 Å². The molecule has 0 heterocycles. The molecule has 2 aromatic carbocycles. The quantitative estimate of drug-likeness (QED) is 0.426. The van der Waals surface area contributed by atoms with Gasteiger partial charge in [0.25, 0.3) is 0 Å². The lowest BCUT2D eigenvalue weighted by Gasteiger charge is -2.38. The summed E-state index contributed by atoms with van der Waals surface area (Å²) in [5.74, 6) is 0.621. The van der Waals surface area contributed by atoms with Gasteiger partial charge in [-0.05, 0) is 48.2 Å². The zero-order valence-electron chi connectivity index (χ0n) is 15.0. The van der Waals surface area contributed by atoms with Crippen molar-refractivity contribution >= 4 is 34.1 Å². The molecule has 2 aromatic rings. The molecular weight excluding hydrogens is 407 g/mol. The second-order valence-electron chi connectivity index (χ2n) is 6.24. The Morgan fingerprint density at radius 3 is 1.25 bits per heavy atom. The molecule has 0 atom stereocenters. The summed E-state index contributed by atoms with van der Waals surface area (Å²) in [6, 6.07) is 15.2. The second kappa shape index (κ2) is 11.4. The summed E-state index contributed by atoms with van der Waals surface area (Å²) in [6.07, 6.45) is 5.99. The molecule has 0 bridgehead atoms. The van der Waals surface area contributed by atoms with Crippen molar-refractivity contribution in [3.05, 3.63) is 59.7 Å². The highest BCUT2D eigenvalue weighted by Gasteiger charge is 2.35. The van der Waals surface area contributed by atoms with E-state index in [2.05, 4.69) is 23.2 Å². The average Bonchev–Trinajstić information content (AvgIpc) is 2.62. The molecule has 3 rings (SSSR count). The molecule has 0 saturated heterocycles. The van der Waals surface area contributed by atoms with E-state index < -0.39 is 10.9 Å². The summed E-state index contributed by atoms with van der Waals surface area (Å²) in [7, 11) is 0. The van der Waals surface area contributed by atoms with Gasteiger partial charge in [0.05, 0.1) is 0 Å². The molecule has 1 aliphatic carbocycles. The first-order valence-corrected chi connectivity index (χ1v) is 9.29. The van der Waals surface area contributed by atoms with Crippen LogP contribution in [0.25, 0.3) is 0 Å². The van der Waals surface area contributed by atoms with E-state index in [-0.39, 0.29) is 5.41 Å². The zero-order chi connectivity index (χ0) is 21.2. The third-order valence-electron chi connectivity index (χ3n) is 4.55. The van der Waals surface area contributed by atoms with E-state index in [0.29, 0.717) is 11.5 Å². The molecule has 28 heavy (non-hydrogen) atoms. The predicted octanol–water partition coefficient (Wildman–Crippen LogP) is 6.15. The van der Waals surface area contributed by atoms with E-state index in [4.69, 9.17) is 19.8 Å². The van der Waals surface area contributed by atoms with Crippen LogP contribution in [-0.4, -0.2) is 31.3 Å². The topological polar surface area (TPSA) is 115 Å². The number of benzene rings is 2. The lowest BCUT2D eigenvalue weighted by Crippen LogP contribution is -2.30. The molecule has 1 aliphatic rings. The summed E-state index contributed by atoms with van der Waals surface area (Å²) >= 11 is 8.38. The number of aromatic hydroxyl groups is 2. The fourth-order valence-electron chi connectivity index (χ4n) is 3.46. The number of halogens is 2. The van der Waals surface area contributed by atoms with E-state index in [1.165, 1.54) is 30.4 Å². The number of phenols is 2. The number of carboxylic acid groups (broad SMARTS) is 2. The zero-order valence-corrected chi connectivity index (χ0v) is 16.5. The summed E-state index contributed by atoms with van der Waals surface area (Å²) in [5, 5.41) is 33.4. The van der Waals surface area contributed by atoms with Crippen LogP contribution in [0.3, 0.4) is 0 Å². The Labute approximate surface area is 173 Å². The van der Waals surface area contributed by atoms with Crippen LogP contribution >= 0.6 is 23.2 Å².